The Morgan fingerprint density at radius 2 is 1.80 bits per heavy atom. The van der Waals surface area contributed by atoms with E-state index in [1.165, 1.54) is 18.3 Å². The summed E-state index contributed by atoms with van der Waals surface area (Å²) in [6, 6.07) is 8.35. The Bertz CT molecular complexity index is 864. The fourth-order valence-electron chi connectivity index (χ4n) is 2.46. The lowest BCUT2D eigenvalue weighted by Gasteiger charge is -2.10. The minimum absolute atomic E-state index is 0.122. The topological polar surface area (TPSA) is 51.9 Å². The molecule has 0 bridgehead atoms. The molecule has 0 aliphatic carbocycles. The molecule has 25 heavy (non-hydrogen) atoms. The third-order valence-electron chi connectivity index (χ3n) is 3.74. The monoisotopic (exact) mass is 348 g/mol. The van der Waals surface area contributed by atoms with Gasteiger partial charge in [0.2, 0.25) is 0 Å². The van der Waals surface area contributed by atoms with E-state index >= 15 is 0 Å². The molecule has 1 aromatic carbocycles. The summed E-state index contributed by atoms with van der Waals surface area (Å²) in [5.74, 6) is 0.256. The van der Waals surface area contributed by atoms with E-state index in [0.717, 1.165) is 12.1 Å². The fraction of sp³-hybridized carbons (Fsp3) is 0.176. The van der Waals surface area contributed by atoms with E-state index in [9.17, 15) is 18.0 Å². The quantitative estimate of drug-likeness (QED) is 0.787. The molecular formula is C17H15F3N4O. The molecule has 3 rings (SSSR count). The molecule has 5 nitrogen and oxygen atoms in total. The van der Waals surface area contributed by atoms with E-state index in [2.05, 4.69) is 10.4 Å². The standard InChI is InChI=1S/C17H15F3N4O/c1-23-16(24-8-2-3-9-24)14(11-22-23)15(25)21-10-12-4-6-13(7-5-12)17(18,19)20/h2-9,11H,10H2,1H3,(H,21,25). The van der Waals surface area contributed by atoms with Gasteiger partial charge < -0.3 is 9.88 Å². The average Bonchev–Trinajstić information content (AvgIpc) is 3.21. The summed E-state index contributed by atoms with van der Waals surface area (Å²) in [5.41, 5.74) is 0.239. The van der Waals surface area contributed by atoms with E-state index in [4.69, 9.17) is 0 Å². The predicted molar refractivity (Wildman–Crippen MR) is 85.1 cm³/mol. The number of benzene rings is 1. The van der Waals surface area contributed by atoms with Crippen LogP contribution in [-0.2, 0) is 19.8 Å². The van der Waals surface area contributed by atoms with Gasteiger partial charge in [-0.3, -0.25) is 9.48 Å². The van der Waals surface area contributed by atoms with Gasteiger partial charge in [0.05, 0.1) is 11.8 Å². The number of aromatic nitrogens is 3. The summed E-state index contributed by atoms with van der Waals surface area (Å²) >= 11 is 0. The van der Waals surface area contributed by atoms with E-state index in [0.29, 0.717) is 16.9 Å². The van der Waals surface area contributed by atoms with Crippen molar-refractivity contribution in [1.82, 2.24) is 19.7 Å². The zero-order chi connectivity index (χ0) is 18.0. The van der Waals surface area contributed by atoms with Crippen LogP contribution in [0.5, 0.6) is 0 Å². The molecular weight excluding hydrogens is 333 g/mol. The highest BCUT2D eigenvalue weighted by atomic mass is 19.4. The number of nitrogens with zero attached hydrogens (tertiary/aromatic N) is 3. The van der Waals surface area contributed by atoms with Crippen molar-refractivity contribution < 1.29 is 18.0 Å². The minimum atomic E-state index is -4.37. The van der Waals surface area contributed by atoms with Gasteiger partial charge in [-0.1, -0.05) is 12.1 Å². The molecule has 2 aromatic heterocycles. The molecule has 0 saturated heterocycles. The van der Waals surface area contributed by atoms with Crippen LogP contribution in [0.15, 0.2) is 55.0 Å². The number of carbonyl (C=O) groups is 1. The van der Waals surface area contributed by atoms with Crippen LogP contribution in [0.25, 0.3) is 5.82 Å². The highest BCUT2D eigenvalue weighted by Crippen LogP contribution is 2.29. The van der Waals surface area contributed by atoms with Crippen LogP contribution in [0.1, 0.15) is 21.5 Å². The Morgan fingerprint density at radius 3 is 2.40 bits per heavy atom. The van der Waals surface area contributed by atoms with Gasteiger partial charge in [-0.25, -0.2) is 0 Å². The zero-order valence-electron chi connectivity index (χ0n) is 13.3. The Balaban J connectivity index is 1.72. The molecule has 0 fully saturated rings. The van der Waals surface area contributed by atoms with Crippen molar-refractivity contribution >= 4 is 5.91 Å². The number of hydrogen-bond acceptors (Lipinski definition) is 2. The molecule has 0 aliphatic rings. The van der Waals surface area contributed by atoms with Gasteiger partial charge in [-0.05, 0) is 29.8 Å². The Morgan fingerprint density at radius 1 is 1.16 bits per heavy atom. The molecule has 3 aromatic rings. The SMILES string of the molecule is Cn1ncc(C(=O)NCc2ccc(C(F)(F)F)cc2)c1-n1cccc1. The van der Waals surface area contributed by atoms with Crippen LogP contribution in [0.3, 0.4) is 0 Å². The van der Waals surface area contributed by atoms with Crippen LogP contribution < -0.4 is 5.32 Å². The first kappa shape index (κ1) is 16.8. The third-order valence-corrected chi connectivity index (χ3v) is 3.74. The Labute approximate surface area is 141 Å². The van der Waals surface area contributed by atoms with Crippen molar-refractivity contribution in [3.63, 3.8) is 0 Å². The lowest BCUT2D eigenvalue weighted by atomic mass is 10.1. The molecule has 2 heterocycles. The summed E-state index contributed by atoms with van der Waals surface area (Å²) in [4.78, 5) is 12.4. The average molecular weight is 348 g/mol. The number of alkyl halides is 3. The first-order chi connectivity index (χ1) is 11.9. The minimum Gasteiger partial charge on any atom is -0.348 e. The maximum absolute atomic E-state index is 12.6. The van der Waals surface area contributed by atoms with Crippen molar-refractivity contribution in [1.29, 1.82) is 0 Å². The predicted octanol–water partition coefficient (Wildman–Crippen LogP) is 3.16. The summed E-state index contributed by atoms with van der Waals surface area (Å²) < 4.78 is 41.0. The number of nitrogens with one attached hydrogen (secondary N) is 1. The van der Waals surface area contributed by atoms with E-state index in [-0.39, 0.29) is 12.5 Å². The van der Waals surface area contributed by atoms with Gasteiger partial charge in [0.25, 0.3) is 5.91 Å². The van der Waals surface area contributed by atoms with Gasteiger partial charge in [0.15, 0.2) is 0 Å². The molecule has 0 spiro atoms. The van der Waals surface area contributed by atoms with Crippen molar-refractivity contribution in [3.05, 3.63) is 71.7 Å². The highest BCUT2D eigenvalue weighted by molar-refractivity contribution is 5.97. The first-order valence-corrected chi connectivity index (χ1v) is 7.46. The number of amides is 1. The lowest BCUT2D eigenvalue weighted by molar-refractivity contribution is -0.137. The van der Waals surface area contributed by atoms with Crippen LogP contribution in [0.4, 0.5) is 13.2 Å². The summed E-state index contributed by atoms with van der Waals surface area (Å²) in [5, 5.41) is 6.80. The van der Waals surface area contributed by atoms with Gasteiger partial charge in [-0.15, -0.1) is 0 Å². The molecule has 0 radical (unpaired) electrons. The molecule has 1 amide bonds. The molecule has 0 aliphatic heterocycles. The molecule has 0 unspecified atom stereocenters. The smallest absolute Gasteiger partial charge is 0.348 e. The van der Waals surface area contributed by atoms with Crippen molar-refractivity contribution in [2.75, 3.05) is 0 Å². The second-order valence-electron chi connectivity index (χ2n) is 5.47. The normalized spacial score (nSPS) is 11.5. The number of rotatable bonds is 4. The van der Waals surface area contributed by atoms with Crippen LogP contribution in [0.2, 0.25) is 0 Å². The molecule has 0 saturated carbocycles. The van der Waals surface area contributed by atoms with Crippen LogP contribution in [0, 0.1) is 0 Å². The third kappa shape index (κ3) is 3.57. The summed E-state index contributed by atoms with van der Waals surface area (Å²) in [6.07, 6.45) is 0.674. The van der Waals surface area contributed by atoms with Crippen molar-refractivity contribution in [2.24, 2.45) is 7.05 Å². The van der Waals surface area contributed by atoms with Gasteiger partial charge in [-0.2, -0.15) is 18.3 Å². The molecule has 1 N–H and O–H groups in total. The maximum atomic E-state index is 12.6. The number of halogens is 3. The fourth-order valence-corrected chi connectivity index (χ4v) is 2.46. The number of aryl methyl sites for hydroxylation is 1. The van der Waals surface area contributed by atoms with E-state index < -0.39 is 11.7 Å². The van der Waals surface area contributed by atoms with Gasteiger partial charge in [0.1, 0.15) is 11.4 Å². The molecule has 0 atom stereocenters. The van der Waals surface area contributed by atoms with Crippen molar-refractivity contribution in [2.45, 2.75) is 12.7 Å². The Hall–Kier alpha value is -3.03. The second kappa shape index (κ2) is 6.46. The number of hydrogen-bond donors (Lipinski definition) is 1. The van der Waals surface area contributed by atoms with E-state index in [1.807, 2.05) is 12.1 Å². The van der Waals surface area contributed by atoms with Crippen LogP contribution >= 0.6 is 0 Å². The van der Waals surface area contributed by atoms with Gasteiger partial charge in [0, 0.05) is 26.0 Å². The molecule has 8 heteroatoms. The van der Waals surface area contributed by atoms with Gasteiger partial charge >= 0.3 is 6.18 Å². The summed E-state index contributed by atoms with van der Waals surface area (Å²) in [6.45, 7) is 0.122. The highest BCUT2D eigenvalue weighted by Gasteiger charge is 2.29. The van der Waals surface area contributed by atoms with Crippen molar-refractivity contribution in [3.8, 4) is 5.82 Å². The number of carbonyl (C=O) groups excluding carboxylic acids is 1. The zero-order valence-corrected chi connectivity index (χ0v) is 13.3. The largest absolute Gasteiger partial charge is 0.416 e. The van der Waals surface area contributed by atoms with Crippen LogP contribution in [-0.4, -0.2) is 20.3 Å². The lowest BCUT2D eigenvalue weighted by Crippen LogP contribution is -2.24. The molecule has 130 valence electrons. The van der Waals surface area contributed by atoms with E-state index in [1.54, 1.807) is 28.7 Å². The first-order valence-electron chi connectivity index (χ1n) is 7.46. The Kier molecular flexibility index (Phi) is 4.35. The second-order valence-corrected chi connectivity index (χ2v) is 5.47. The maximum Gasteiger partial charge on any atom is 0.416 e. The summed E-state index contributed by atoms with van der Waals surface area (Å²) in [7, 11) is 1.72.